The predicted molar refractivity (Wildman–Crippen MR) is 88.2 cm³/mol. The molecule has 132 valence electrons. The second kappa shape index (κ2) is 7.90. The molecule has 1 aromatic carbocycles. The third-order valence-electron chi connectivity index (χ3n) is 4.41. The summed E-state index contributed by atoms with van der Waals surface area (Å²) in [7, 11) is 0. The number of hydrogen-bond acceptors (Lipinski definition) is 4. The van der Waals surface area contributed by atoms with E-state index in [2.05, 4.69) is 16.0 Å². The van der Waals surface area contributed by atoms with E-state index in [1.165, 1.54) is 12.1 Å². The van der Waals surface area contributed by atoms with Crippen LogP contribution in [-0.4, -0.2) is 30.9 Å². The Morgan fingerprint density at radius 3 is 2.25 bits per heavy atom. The van der Waals surface area contributed by atoms with Crippen LogP contribution in [0.2, 0.25) is 0 Å². The van der Waals surface area contributed by atoms with E-state index < -0.39 is 23.6 Å². The van der Waals surface area contributed by atoms with Gasteiger partial charge in [-0.05, 0) is 50.4 Å². The summed E-state index contributed by atoms with van der Waals surface area (Å²) >= 11 is 0. The maximum absolute atomic E-state index is 14.4. The fourth-order valence-electron chi connectivity index (χ4n) is 3.20. The maximum atomic E-state index is 14.4. The van der Waals surface area contributed by atoms with E-state index in [-0.39, 0.29) is 41.9 Å². The van der Waals surface area contributed by atoms with E-state index in [9.17, 15) is 18.4 Å². The molecule has 2 aliphatic rings. The highest BCUT2D eigenvalue weighted by Gasteiger charge is 2.28. The summed E-state index contributed by atoms with van der Waals surface area (Å²) in [6, 6.07) is 1.80. The van der Waals surface area contributed by atoms with Gasteiger partial charge in [0.15, 0.2) is 0 Å². The molecule has 2 amide bonds. The molecular formula is C16H20ClF2N3O2. The number of amides is 2. The summed E-state index contributed by atoms with van der Waals surface area (Å²) in [6.07, 6.45) is 1.92. The van der Waals surface area contributed by atoms with Gasteiger partial charge in [-0.3, -0.25) is 14.9 Å². The quantitative estimate of drug-likeness (QED) is 0.723. The second-order valence-corrected chi connectivity index (χ2v) is 6.03. The standard InChI is InChI=1S/C16H19F2N3O2.ClH/c17-11-7-10(20-13-1-2-14(22)21-16(13)23)8-12(18)15(11)9-3-5-19-6-4-9;/h7-9,13,19-20H,1-6H2,(H,21,22,23);1H. The monoisotopic (exact) mass is 359 g/mol. The van der Waals surface area contributed by atoms with Crippen molar-refractivity contribution in [1.29, 1.82) is 0 Å². The van der Waals surface area contributed by atoms with E-state index in [0.29, 0.717) is 19.3 Å². The minimum atomic E-state index is -0.656. The first-order valence-electron chi connectivity index (χ1n) is 7.84. The zero-order valence-electron chi connectivity index (χ0n) is 13.0. The average molecular weight is 360 g/mol. The minimum Gasteiger partial charge on any atom is -0.373 e. The molecule has 1 aromatic rings. The topological polar surface area (TPSA) is 70.2 Å². The lowest BCUT2D eigenvalue weighted by atomic mass is 9.89. The molecule has 1 unspecified atom stereocenters. The highest BCUT2D eigenvalue weighted by Crippen LogP contribution is 2.32. The van der Waals surface area contributed by atoms with Gasteiger partial charge in [-0.15, -0.1) is 12.4 Å². The summed E-state index contributed by atoms with van der Waals surface area (Å²) in [4.78, 5) is 22.8. The molecule has 2 fully saturated rings. The van der Waals surface area contributed by atoms with E-state index in [1.807, 2.05) is 0 Å². The van der Waals surface area contributed by atoms with E-state index in [0.717, 1.165) is 13.1 Å². The zero-order valence-corrected chi connectivity index (χ0v) is 13.8. The number of benzene rings is 1. The van der Waals surface area contributed by atoms with E-state index in [1.54, 1.807) is 0 Å². The van der Waals surface area contributed by atoms with Crippen LogP contribution in [0.3, 0.4) is 0 Å². The van der Waals surface area contributed by atoms with Gasteiger partial charge in [-0.2, -0.15) is 0 Å². The number of halogens is 3. The van der Waals surface area contributed by atoms with Crippen molar-refractivity contribution in [3.05, 3.63) is 29.3 Å². The molecule has 3 rings (SSSR count). The van der Waals surface area contributed by atoms with Gasteiger partial charge in [0, 0.05) is 17.7 Å². The van der Waals surface area contributed by atoms with Crippen molar-refractivity contribution in [1.82, 2.24) is 10.6 Å². The van der Waals surface area contributed by atoms with Crippen LogP contribution in [0.1, 0.15) is 37.2 Å². The highest BCUT2D eigenvalue weighted by molar-refractivity contribution is 6.01. The van der Waals surface area contributed by atoms with Crippen LogP contribution in [-0.2, 0) is 9.59 Å². The molecule has 2 saturated heterocycles. The Bertz CT molecular complexity index is 613. The molecule has 2 aliphatic heterocycles. The molecule has 2 heterocycles. The highest BCUT2D eigenvalue weighted by atomic mass is 35.5. The Morgan fingerprint density at radius 2 is 1.67 bits per heavy atom. The fourth-order valence-corrected chi connectivity index (χ4v) is 3.20. The third-order valence-corrected chi connectivity index (χ3v) is 4.41. The first-order chi connectivity index (χ1) is 11.0. The summed E-state index contributed by atoms with van der Waals surface area (Å²) in [5, 5.41) is 8.18. The van der Waals surface area contributed by atoms with Crippen LogP contribution in [0, 0.1) is 11.6 Å². The van der Waals surface area contributed by atoms with Gasteiger partial charge >= 0.3 is 0 Å². The van der Waals surface area contributed by atoms with E-state index in [4.69, 9.17) is 0 Å². The Hall–Kier alpha value is -1.73. The number of anilines is 1. The van der Waals surface area contributed by atoms with Crippen LogP contribution in [0.25, 0.3) is 0 Å². The lowest BCUT2D eigenvalue weighted by Gasteiger charge is -2.25. The Balaban J connectivity index is 0.00000208. The average Bonchev–Trinajstić information content (AvgIpc) is 2.50. The molecule has 0 aromatic heterocycles. The van der Waals surface area contributed by atoms with Crippen molar-refractivity contribution in [2.75, 3.05) is 18.4 Å². The maximum Gasteiger partial charge on any atom is 0.249 e. The van der Waals surface area contributed by atoms with Gasteiger partial charge in [0.2, 0.25) is 11.8 Å². The predicted octanol–water partition coefficient (Wildman–Crippen LogP) is 2.07. The van der Waals surface area contributed by atoms with Crippen LogP contribution in [0.15, 0.2) is 12.1 Å². The number of carbonyl (C=O) groups excluding carboxylic acids is 2. The SMILES string of the molecule is Cl.O=C1CCC(Nc2cc(F)c(C3CCNCC3)c(F)c2)C(=O)N1. The number of rotatable bonds is 3. The van der Waals surface area contributed by atoms with Gasteiger partial charge in [0.1, 0.15) is 17.7 Å². The summed E-state index contributed by atoms with van der Waals surface area (Å²) in [5.41, 5.74) is 0.340. The molecular weight excluding hydrogens is 340 g/mol. The van der Waals surface area contributed by atoms with Crippen molar-refractivity contribution in [2.45, 2.75) is 37.6 Å². The van der Waals surface area contributed by atoms with Gasteiger partial charge in [0.25, 0.3) is 0 Å². The van der Waals surface area contributed by atoms with Gasteiger partial charge in [0.05, 0.1) is 0 Å². The van der Waals surface area contributed by atoms with Crippen LogP contribution in [0.4, 0.5) is 14.5 Å². The number of carbonyl (C=O) groups is 2. The number of piperidine rings is 2. The largest absolute Gasteiger partial charge is 0.373 e. The fraction of sp³-hybridized carbons (Fsp3) is 0.500. The minimum absolute atomic E-state index is 0. The molecule has 0 spiro atoms. The van der Waals surface area contributed by atoms with E-state index >= 15 is 0 Å². The second-order valence-electron chi connectivity index (χ2n) is 6.03. The molecule has 0 bridgehead atoms. The molecule has 3 N–H and O–H groups in total. The van der Waals surface area contributed by atoms with Crippen molar-refractivity contribution in [2.24, 2.45) is 0 Å². The van der Waals surface area contributed by atoms with Crippen molar-refractivity contribution in [3.63, 3.8) is 0 Å². The summed E-state index contributed by atoms with van der Waals surface area (Å²) in [6.45, 7) is 1.50. The Labute approximate surface area is 145 Å². The van der Waals surface area contributed by atoms with Gasteiger partial charge in [-0.25, -0.2) is 8.78 Å². The first kappa shape index (κ1) is 18.6. The van der Waals surface area contributed by atoms with Crippen molar-refractivity contribution < 1.29 is 18.4 Å². The van der Waals surface area contributed by atoms with Crippen LogP contribution in [0.5, 0.6) is 0 Å². The lowest BCUT2D eigenvalue weighted by molar-refractivity contribution is -0.133. The Kier molecular flexibility index (Phi) is 6.12. The smallest absolute Gasteiger partial charge is 0.249 e. The molecule has 8 heteroatoms. The number of imide groups is 1. The molecule has 1 atom stereocenters. The molecule has 5 nitrogen and oxygen atoms in total. The molecule has 0 saturated carbocycles. The summed E-state index contributed by atoms with van der Waals surface area (Å²) in [5.74, 6) is -2.10. The normalized spacial score (nSPS) is 21.8. The summed E-state index contributed by atoms with van der Waals surface area (Å²) < 4.78 is 28.7. The zero-order chi connectivity index (χ0) is 16.4. The number of nitrogens with one attached hydrogen (secondary N) is 3. The van der Waals surface area contributed by atoms with Gasteiger partial charge < -0.3 is 10.6 Å². The van der Waals surface area contributed by atoms with Crippen LogP contribution < -0.4 is 16.0 Å². The lowest BCUT2D eigenvalue weighted by Crippen LogP contribution is -2.47. The third kappa shape index (κ3) is 4.02. The Morgan fingerprint density at radius 1 is 1.04 bits per heavy atom. The first-order valence-corrected chi connectivity index (χ1v) is 7.84. The van der Waals surface area contributed by atoms with Crippen molar-refractivity contribution in [3.8, 4) is 0 Å². The van der Waals surface area contributed by atoms with Gasteiger partial charge in [-0.1, -0.05) is 0 Å². The van der Waals surface area contributed by atoms with Crippen molar-refractivity contribution >= 4 is 29.9 Å². The number of hydrogen-bond donors (Lipinski definition) is 3. The molecule has 0 aliphatic carbocycles. The molecule has 24 heavy (non-hydrogen) atoms. The van der Waals surface area contributed by atoms with Crippen LogP contribution >= 0.6 is 12.4 Å². The molecule has 0 radical (unpaired) electrons.